The SMILES string of the molecule is C[C@@H](O)[C@H](Nc1nc(-c2ccccc2)nc2c1oc1ccccc12)C(=O)O. The van der Waals surface area contributed by atoms with E-state index >= 15 is 0 Å². The molecule has 0 saturated carbocycles. The molecule has 2 aromatic carbocycles. The molecule has 2 atom stereocenters. The number of hydrogen-bond acceptors (Lipinski definition) is 6. The second-order valence-corrected chi connectivity index (χ2v) is 6.24. The molecule has 2 aromatic heterocycles. The summed E-state index contributed by atoms with van der Waals surface area (Å²) in [4.78, 5) is 20.6. The number of benzene rings is 2. The van der Waals surface area contributed by atoms with Gasteiger partial charge in [0.05, 0.1) is 6.10 Å². The van der Waals surface area contributed by atoms with Crippen molar-refractivity contribution in [3.63, 3.8) is 0 Å². The zero-order chi connectivity index (χ0) is 19.0. The van der Waals surface area contributed by atoms with E-state index in [1.54, 1.807) is 0 Å². The summed E-state index contributed by atoms with van der Waals surface area (Å²) >= 11 is 0. The highest BCUT2D eigenvalue weighted by atomic mass is 16.4. The fourth-order valence-electron chi connectivity index (χ4n) is 2.94. The van der Waals surface area contributed by atoms with E-state index in [2.05, 4.69) is 15.3 Å². The number of para-hydroxylation sites is 1. The van der Waals surface area contributed by atoms with Gasteiger partial charge in [0.1, 0.15) is 11.1 Å². The van der Waals surface area contributed by atoms with E-state index in [4.69, 9.17) is 4.42 Å². The molecular formula is C20H17N3O4. The number of aliphatic hydroxyl groups excluding tert-OH is 1. The molecule has 0 saturated heterocycles. The fraction of sp³-hybridized carbons (Fsp3) is 0.150. The third-order valence-electron chi connectivity index (χ3n) is 4.29. The van der Waals surface area contributed by atoms with Gasteiger partial charge in [-0.15, -0.1) is 0 Å². The minimum absolute atomic E-state index is 0.225. The van der Waals surface area contributed by atoms with Crippen LogP contribution in [-0.4, -0.2) is 38.3 Å². The Bertz CT molecular complexity index is 1120. The number of aromatic nitrogens is 2. The largest absolute Gasteiger partial charge is 0.480 e. The predicted octanol–water partition coefficient (Wildman–Crippen LogP) is 3.29. The van der Waals surface area contributed by atoms with Crippen LogP contribution in [0.4, 0.5) is 5.82 Å². The van der Waals surface area contributed by atoms with Gasteiger partial charge in [-0.2, -0.15) is 0 Å². The zero-order valence-electron chi connectivity index (χ0n) is 14.5. The van der Waals surface area contributed by atoms with Crippen molar-refractivity contribution < 1.29 is 19.4 Å². The third kappa shape index (κ3) is 3.09. The predicted molar refractivity (Wildman–Crippen MR) is 101 cm³/mol. The van der Waals surface area contributed by atoms with Crippen molar-refractivity contribution in [2.45, 2.75) is 19.1 Å². The van der Waals surface area contributed by atoms with Crippen molar-refractivity contribution in [1.29, 1.82) is 0 Å². The number of nitrogens with zero attached hydrogens (tertiary/aromatic N) is 2. The van der Waals surface area contributed by atoms with Crippen molar-refractivity contribution in [1.82, 2.24) is 9.97 Å². The molecule has 0 aliphatic rings. The maximum Gasteiger partial charge on any atom is 0.328 e. The molecule has 0 unspecified atom stereocenters. The maximum atomic E-state index is 11.5. The molecule has 0 amide bonds. The van der Waals surface area contributed by atoms with Gasteiger partial charge in [-0.3, -0.25) is 0 Å². The average molecular weight is 363 g/mol. The number of carbonyl (C=O) groups is 1. The number of nitrogens with one attached hydrogen (secondary N) is 1. The molecule has 3 N–H and O–H groups in total. The monoisotopic (exact) mass is 363 g/mol. The van der Waals surface area contributed by atoms with Crippen LogP contribution in [0.25, 0.3) is 33.5 Å². The smallest absolute Gasteiger partial charge is 0.328 e. The summed E-state index contributed by atoms with van der Waals surface area (Å²) in [6.07, 6.45) is -1.13. The summed E-state index contributed by atoms with van der Waals surface area (Å²) in [6, 6.07) is 15.6. The van der Waals surface area contributed by atoms with E-state index in [9.17, 15) is 15.0 Å². The van der Waals surface area contributed by atoms with E-state index in [1.165, 1.54) is 6.92 Å². The number of furan rings is 1. The first kappa shape index (κ1) is 17.0. The standard InChI is InChI=1S/C20H17N3O4/c1-11(24)15(20(25)26)21-19-17-16(13-9-5-6-10-14(13)27-17)22-18(23-19)12-7-3-2-4-8-12/h2-11,15,24H,1H3,(H,25,26)(H,21,22,23)/t11-,15+/m1/s1. The summed E-state index contributed by atoms with van der Waals surface area (Å²) in [5.41, 5.74) is 2.34. The Morgan fingerprint density at radius 1 is 1.07 bits per heavy atom. The molecule has 4 aromatic rings. The van der Waals surface area contributed by atoms with E-state index in [1.807, 2.05) is 54.6 Å². The molecule has 7 heteroatoms. The van der Waals surface area contributed by atoms with Crippen molar-refractivity contribution in [2.75, 3.05) is 5.32 Å². The van der Waals surface area contributed by atoms with Gasteiger partial charge in [-0.05, 0) is 19.1 Å². The van der Waals surface area contributed by atoms with E-state index in [-0.39, 0.29) is 5.82 Å². The van der Waals surface area contributed by atoms with Crippen LogP contribution in [-0.2, 0) is 4.79 Å². The summed E-state index contributed by atoms with van der Waals surface area (Å²) in [5.74, 6) is -0.524. The minimum Gasteiger partial charge on any atom is -0.480 e. The van der Waals surface area contributed by atoms with Crippen LogP contribution in [0.15, 0.2) is 59.0 Å². The van der Waals surface area contributed by atoms with Crippen LogP contribution < -0.4 is 5.32 Å². The van der Waals surface area contributed by atoms with Crippen LogP contribution >= 0.6 is 0 Å². The highest BCUT2D eigenvalue weighted by Crippen LogP contribution is 2.33. The van der Waals surface area contributed by atoms with E-state index in [0.29, 0.717) is 22.5 Å². The van der Waals surface area contributed by atoms with Gasteiger partial charge in [0.15, 0.2) is 23.3 Å². The lowest BCUT2D eigenvalue weighted by Crippen LogP contribution is -2.39. The number of anilines is 1. The van der Waals surface area contributed by atoms with Gasteiger partial charge in [-0.25, -0.2) is 14.8 Å². The summed E-state index contributed by atoms with van der Waals surface area (Å²) in [7, 11) is 0. The molecule has 0 bridgehead atoms. The van der Waals surface area contributed by atoms with Gasteiger partial charge in [-0.1, -0.05) is 42.5 Å². The molecule has 0 fully saturated rings. The molecule has 0 aliphatic carbocycles. The lowest BCUT2D eigenvalue weighted by atomic mass is 10.1. The fourth-order valence-corrected chi connectivity index (χ4v) is 2.94. The highest BCUT2D eigenvalue weighted by Gasteiger charge is 2.26. The van der Waals surface area contributed by atoms with Crippen LogP contribution in [0.5, 0.6) is 0 Å². The lowest BCUT2D eigenvalue weighted by Gasteiger charge is -2.18. The summed E-state index contributed by atoms with van der Waals surface area (Å²) in [6.45, 7) is 1.40. The number of aliphatic hydroxyl groups is 1. The molecule has 0 aliphatic heterocycles. The molecule has 0 spiro atoms. The second-order valence-electron chi connectivity index (χ2n) is 6.24. The number of carboxylic acids is 1. The Kier molecular flexibility index (Phi) is 4.21. The Balaban J connectivity index is 1.96. The number of fused-ring (bicyclic) bond motifs is 3. The molecule has 0 radical (unpaired) electrons. The highest BCUT2D eigenvalue weighted by molar-refractivity contribution is 6.06. The van der Waals surface area contributed by atoms with E-state index in [0.717, 1.165) is 10.9 Å². The molecule has 27 heavy (non-hydrogen) atoms. The molecule has 4 rings (SSSR count). The topological polar surface area (TPSA) is 108 Å². The van der Waals surface area contributed by atoms with Crippen molar-refractivity contribution in [2.24, 2.45) is 0 Å². The number of rotatable bonds is 5. The summed E-state index contributed by atoms with van der Waals surface area (Å²) in [5, 5.41) is 22.8. The second kappa shape index (κ2) is 6.69. The molecule has 2 heterocycles. The van der Waals surface area contributed by atoms with Gasteiger partial charge in [0.2, 0.25) is 0 Å². The van der Waals surface area contributed by atoms with Gasteiger partial charge in [0, 0.05) is 10.9 Å². The normalized spacial score (nSPS) is 13.6. The summed E-state index contributed by atoms with van der Waals surface area (Å²) < 4.78 is 5.87. The number of hydrogen-bond donors (Lipinski definition) is 3. The first-order valence-electron chi connectivity index (χ1n) is 8.46. The lowest BCUT2D eigenvalue weighted by molar-refractivity contribution is -0.140. The van der Waals surface area contributed by atoms with Gasteiger partial charge < -0.3 is 19.9 Å². The van der Waals surface area contributed by atoms with E-state index < -0.39 is 18.1 Å². The molecular weight excluding hydrogens is 346 g/mol. The van der Waals surface area contributed by atoms with Crippen LogP contribution in [0, 0.1) is 0 Å². The zero-order valence-corrected chi connectivity index (χ0v) is 14.5. The Labute approximate surface area is 154 Å². The van der Waals surface area contributed by atoms with Gasteiger partial charge >= 0.3 is 5.97 Å². The molecule has 7 nitrogen and oxygen atoms in total. The van der Waals surface area contributed by atoms with Crippen LogP contribution in [0.3, 0.4) is 0 Å². The van der Waals surface area contributed by atoms with Crippen molar-refractivity contribution in [3.05, 3.63) is 54.6 Å². The van der Waals surface area contributed by atoms with Gasteiger partial charge in [0.25, 0.3) is 0 Å². The van der Waals surface area contributed by atoms with Crippen molar-refractivity contribution >= 4 is 33.9 Å². The first-order valence-corrected chi connectivity index (χ1v) is 8.46. The Hall–Kier alpha value is -3.45. The Morgan fingerprint density at radius 2 is 1.78 bits per heavy atom. The van der Waals surface area contributed by atoms with Crippen molar-refractivity contribution in [3.8, 4) is 11.4 Å². The third-order valence-corrected chi connectivity index (χ3v) is 4.29. The maximum absolute atomic E-state index is 11.5. The van der Waals surface area contributed by atoms with Crippen LogP contribution in [0.2, 0.25) is 0 Å². The quantitative estimate of drug-likeness (QED) is 0.499. The number of carboxylic acid groups (broad SMARTS) is 1. The van der Waals surface area contributed by atoms with Crippen LogP contribution in [0.1, 0.15) is 6.92 Å². The molecule has 136 valence electrons. The first-order chi connectivity index (χ1) is 13.0. The number of aliphatic carboxylic acids is 1. The Morgan fingerprint density at radius 3 is 2.48 bits per heavy atom. The average Bonchev–Trinajstić information content (AvgIpc) is 3.05. The minimum atomic E-state index is -1.24.